The Balaban J connectivity index is 0.000000218. The van der Waals surface area contributed by atoms with Crippen molar-refractivity contribution < 1.29 is 27.9 Å². The minimum atomic E-state index is -4.61. The highest BCUT2D eigenvalue weighted by Crippen LogP contribution is 2.30. The summed E-state index contributed by atoms with van der Waals surface area (Å²) in [5.41, 5.74) is 1.64. The van der Waals surface area contributed by atoms with Crippen molar-refractivity contribution in [2.75, 3.05) is 14.1 Å². The fourth-order valence-electron chi connectivity index (χ4n) is 3.16. The molecule has 4 rings (SSSR count). The van der Waals surface area contributed by atoms with Crippen LogP contribution in [0.2, 0.25) is 5.02 Å². The molecule has 0 saturated carbocycles. The van der Waals surface area contributed by atoms with Gasteiger partial charge in [0.2, 0.25) is 0 Å². The van der Waals surface area contributed by atoms with Crippen LogP contribution in [0, 0.1) is 0 Å². The third-order valence-corrected chi connectivity index (χ3v) is 5.20. The van der Waals surface area contributed by atoms with Crippen molar-refractivity contribution in [1.82, 2.24) is 20.0 Å². The first kappa shape index (κ1) is 29.9. The van der Waals surface area contributed by atoms with Crippen LogP contribution in [0.4, 0.5) is 13.2 Å². The molecule has 0 aliphatic carbocycles. The second-order valence-electron chi connectivity index (χ2n) is 7.80. The van der Waals surface area contributed by atoms with Crippen LogP contribution in [0.5, 0.6) is 0 Å². The first-order valence-electron chi connectivity index (χ1n) is 11.1. The van der Waals surface area contributed by atoms with Crippen molar-refractivity contribution in [3.8, 4) is 5.69 Å². The summed E-state index contributed by atoms with van der Waals surface area (Å²) in [6.07, 6.45) is 1.84. The fraction of sp³-hybridized carbons (Fsp3) is 0.148. The minimum Gasteiger partial charge on any atom is -0.506 e. The number of alkyl halides is 3. The number of hydrogen-bond donors (Lipinski definition) is 2. The Morgan fingerprint density at radius 3 is 2.16 bits per heavy atom. The summed E-state index contributed by atoms with van der Waals surface area (Å²) >= 11 is 5.85. The lowest BCUT2D eigenvalue weighted by atomic mass is 10.2. The number of nitrogens with zero attached hydrogens (tertiary/aromatic N) is 3. The van der Waals surface area contributed by atoms with Crippen LogP contribution in [0.15, 0.2) is 96.2 Å². The number of aldehydes is 2. The summed E-state index contributed by atoms with van der Waals surface area (Å²) in [4.78, 5) is 22.6. The molecule has 0 unspecified atom stereocenters. The van der Waals surface area contributed by atoms with Crippen molar-refractivity contribution in [1.29, 1.82) is 0 Å². The van der Waals surface area contributed by atoms with Crippen molar-refractivity contribution >= 4 is 24.2 Å². The molecule has 1 aliphatic heterocycles. The van der Waals surface area contributed by atoms with E-state index >= 15 is 0 Å². The molecule has 0 atom stereocenters. The van der Waals surface area contributed by atoms with Gasteiger partial charge in [-0.25, -0.2) is 4.68 Å². The van der Waals surface area contributed by atoms with Crippen molar-refractivity contribution in [2.45, 2.75) is 13.1 Å². The van der Waals surface area contributed by atoms with Crippen LogP contribution < -0.4 is 5.32 Å². The van der Waals surface area contributed by atoms with Crippen LogP contribution in [-0.2, 0) is 6.18 Å². The predicted octanol–water partition coefficient (Wildman–Crippen LogP) is 6.19. The second kappa shape index (κ2) is 13.8. The van der Waals surface area contributed by atoms with Crippen LogP contribution in [0.1, 0.15) is 33.5 Å². The molecule has 0 bridgehead atoms. The van der Waals surface area contributed by atoms with Gasteiger partial charge in [-0.2, -0.15) is 18.3 Å². The molecular formula is C27H26ClF3N4O3. The van der Waals surface area contributed by atoms with Gasteiger partial charge in [-0.15, -0.1) is 0 Å². The number of aliphatic hydroxyl groups is 1. The first-order chi connectivity index (χ1) is 18.0. The maximum absolute atomic E-state index is 12.5. The zero-order valence-electron chi connectivity index (χ0n) is 20.8. The van der Waals surface area contributed by atoms with Gasteiger partial charge in [0.05, 0.1) is 10.7 Å². The van der Waals surface area contributed by atoms with Crippen molar-refractivity contribution in [3.05, 3.63) is 118 Å². The summed E-state index contributed by atoms with van der Waals surface area (Å²) in [5, 5.41) is 15.9. The summed E-state index contributed by atoms with van der Waals surface area (Å²) in [5.74, 6) is 0.259. The van der Waals surface area contributed by atoms with Gasteiger partial charge in [-0.05, 0) is 30.7 Å². The van der Waals surface area contributed by atoms with Crippen LogP contribution in [0.25, 0.3) is 5.69 Å². The lowest BCUT2D eigenvalue weighted by Gasteiger charge is -2.08. The van der Waals surface area contributed by atoms with Crippen molar-refractivity contribution in [2.24, 2.45) is 0 Å². The van der Waals surface area contributed by atoms with E-state index in [2.05, 4.69) is 10.4 Å². The second-order valence-corrected chi connectivity index (χ2v) is 8.21. The third kappa shape index (κ3) is 8.67. The maximum atomic E-state index is 12.5. The third-order valence-electron chi connectivity index (χ3n) is 4.88. The smallest absolute Gasteiger partial charge is 0.435 e. The van der Waals surface area contributed by atoms with Crippen LogP contribution in [-0.4, -0.2) is 46.5 Å². The Kier molecular flexibility index (Phi) is 10.9. The number of nitrogens with one attached hydrogen (secondary N) is 1. The number of carbonyl (C=O) groups excluding carboxylic acids is 2. The molecule has 1 aromatic heterocycles. The molecule has 2 aromatic carbocycles. The Labute approximate surface area is 223 Å². The highest BCUT2D eigenvalue weighted by atomic mass is 35.5. The normalized spacial score (nSPS) is 12.8. The molecule has 1 aliphatic rings. The lowest BCUT2D eigenvalue weighted by Crippen LogP contribution is -2.08. The van der Waals surface area contributed by atoms with Gasteiger partial charge in [-0.1, -0.05) is 54.1 Å². The van der Waals surface area contributed by atoms with E-state index in [0.29, 0.717) is 12.4 Å². The van der Waals surface area contributed by atoms with Crippen LogP contribution in [0.3, 0.4) is 0 Å². The van der Waals surface area contributed by atoms with E-state index in [4.69, 9.17) is 11.6 Å². The zero-order chi connectivity index (χ0) is 28.3. The molecule has 0 fully saturated rings. The molecule has 0 amide bonds. The van der Waals surface area contributed by atoms with E-state index in [1.165, 1.54) is 12.1 Å². The molecule has 0 spiro atoms. The summed E-state index contributed by atoms with van der Waals surface area (Å²) in [6, 6.07) is 16.0. The summed E-state index contributed by atoms with van der Waals surface area (Å²) in [6.45, 7) is 1.99. The SMILES string of the molecule is CNC1=CC(O)=CN(C)C=C1C.O=Cc1cc(C(F)(F)F)nn1-c1ccccc1Cl.O=Cc1ccccc1. The number of likely N-dealkylation sites (N-methyl/N-ethyl adjacent to an activating group) is 1. The number of para-hydroxylation sites is 1. The Hall–Kier alpha value is -4.31. The molecule has 0 saturated heterocycles. The number of rotatable bonds is 4. The molecule has 2 heterocycles. The number of carbonyl (C=O) groups is 2. The molecule has 3 aromatic rings. The number of benzene rings is 2. The number of hydrogen-bond acceptors (Lipinski definition) is 6. The Morgan fingerprint density at radius 1 is 1.00 bits per heavy atom. The average molecular weight is 547 g/mol. The summed E-state index contributed by atoms with van der Waals surface area (Å²) in [7, 11) is 3.72. The number of aromatic nitrogens is 2. The summed E-state index contributed by atoms with van der Waals surface area (Å²) < 4.78 is 38.4. The van der Waals surface area contributed by atoms with Gasteiger partial charge < -0.3 is 15.3 Å². The Bertz CT molecular complexity index is 1330. The maximum Gasteiger partial charge on any atom is 0.435 e. The van der Waals surface area contributed by atoms with E-state index < -0.39 is 11.9 Å². The molecule has 38 heavy (non-hydrogen) atoms. The fourth-order valence-corrected chi connectivity index (χ4v) is 3.37. The van der Waals surface area contributed by atoms with E-state index in [0.717, 1.165) is 27.8 Å². The molecule has 0 radical (unpaired) electrons. The molecule has 2 N–H and O–H groups in total. The zero-order valence-corrected chi connectivity index (χ0v) is 21.5. The number of allylic oxidation sites excluding steroid dienone is 2. The predicted molar refractivity (Wildman–Crippen MR) is 140 cm³/mol. The first-order valence-corrected chi connectivity index (χ1v) is 11.5. The largest absolute Gasteiger partial charge is 0.506 e. The van der Waals surface area contributed by atoms with Crippen molar-refractivity contribution in [3.63, 3.8) is 0 Å². The molecular weight excluding hydrogens is 521 g/mol. The van der Waals surface area contributed by atoms with Gasteiger partial charge in [0.1, 0.15) is 17.7 Å². The van der Waals surface area contributed by atoms with Gasteiger partial charge in [0, 0.05) is 43.8 Å². The topological polar surface area (TPSA) is 87.5 Å². The Morgan fingerprint density at radius 2 is 1.63 bits per heavy atom. The number of aliphatic hydroxyl groups excluding tert-OH is 1. The molecule has 11 heteroatoms. The quantitative estimate of drug-likeness (QED) is 0.379. The molecule has 7 nitrogen and oxygen atoms in total. The van der Waals surface area contributed by atoms with E-state index in [1.54, 1.807) is 36.5 Å². The monoisotopic (exact) mass is 546 g/mol. The van der Waals surface area contributed by atoms with E-state index in [9.17, 15) is 27.9 Å². The number of halogens is 4. The highest BCUT2D eigenvalue weighted by molar-refractivity contribution is 6.32. The van der Waals surface area contributed by atoms with E-state index in [-0.39, 0.29) is 22.2 Å². The van der Waals surface area contributed by atoms with Gasteiger partial charge in [-0.3, -0.25) is 9.59 Å². The van der Waals surface area contributed by atoms with Crippen LogP contribution >= 0.6 is 11.6 Å². The average Bonchev–Trinajstić information content (AvgIpc) is 3.28. The molecule has 200 valence electrons. The lowest BCUT2D eigenvalue weighted by molar-refractivity contribution is -0.141. The highest BCUT2D eigenvalue weighted by Gasteiger charge is 2.35. The van der Waals surface area contributed by atoms with E-state index in [1.807, 2.05) is 50.3 Å². The minimum absolute atomic E-state index is 0.206. The van der Waals surface area contributed by atoms with Gasteiger partial charge in [0.15, 0.2) is 12.0 Å². The standard InChI is InChI=1S/C11H6ClF3N2O.C9H14N2O.C7H6O/c12-8-3-1-2-4-9(8)17-7(6-18)5-10(16-17)11(13,14)15;1-7-5-11(3)6-8(12)4-9(7)10-2;8-6-7-4-2-1-3-5-7/h1-6H;4-6,10,12H,1-3H3;1-6H. The van der Waals surface area contributed by atoms with Gasteiger partial charge in [0.25, 0.3) is 0 Å². The van der Waals surface area contributed by atoms with Gasteiger partial charge >= 0.3 is 6.18 Å².